The third-order valence-corrected chi connectivity index (χ3v) is 4.31. The van der Waals surface area contributed by atoms with Crippen molar-refractivity contribution < 1.29 is 0 Å². The maximum atomic E-state index is 5.93. The Morgan fingerprint density at radius 1 is 1.53 bits per heavy atom. The van der Waals surface area contributed by atoms with Crippen LogP contribution in [0.25, 0.3) is 10.6 Å². The molecule has 0 spiro atoms. The van der Waals surface area contributed by atoms with Crippen molar-refractivity contribution in [1.82, 2.24) is 9.36 Å². The molecule has 2 aromatic heterocycles. The van der Waals surface area contributed by atoms with Gasteiger partial charge in [0, 0.05) is 17.1 Å². The van der Waals surface area contributed by atoms with Gasteiger partial charge in [0.1, 0.15) is 15.8 Å². The third-order valence-electron chi connectivity index (χ3n) is 2.54. The second kappa shape index (κ2) is 5.01. The van der Waals surface area contributed by atoms with E-state index in [1.54, 1.807) is 11.3 Å². The Bertz CT molecular complexity index is 503. The van der Waals surface area contributed by atoms with Gasteiger partial charge in [-0.25, -0.2) is 4.98 Å². The number of nitrogen functional groups attached to an aromatic ring is 1. The lowest BCUT2D eigenvalue weighted by Crippen LogP contribution is -2.12. The summed E-state index contributed by atoms with van der Waals surface area (Å²) in [5.74, 6) is 0.565. The predicted molar refractivity (Wildman–Crippen MR) is 75.7 cm³/mol. The molecule has 17 heavy (non-hydrogen) atoms. The van der Waals surface area contributed by atoms with E-state index in [9.17, 15) is 0 Å². The van der Waals surface area contributed by atoms with Gasteiger partial charge in [-0.05, 0) is 31.8 Å². The molecule has 6 heteroatoms. The Morgan fingerprint density at radius 3 is 2.88 bits per heavy atom. The van der Waals surface area contributed by atoms with Crippen LogP contribution in [0.2, 0.25) is 0 Å². The van der Waals surface area contributed by atoms with E-state index < -0.39 is 0 Å². The lowest BCUT2D eigenvalue weighted by atomic mass is 10.2. The number of aromatic nitrogens is 2. The monoisotopic (exact) mass is 268 g/mol. The molecule has 0 amide bonds. The molecule has 0 aliphatic carbocycles. The number of hydrogen-bond donors (Lipinski definition) is 2. The van der Waals surface area contributed by atoms with Crippen LogP contribution in [0, 0.1) is 6.92 Å². The zero-order chi connectivity index (χ0) is 12.4. The number of nitrogens with two attached hydrogens (primary N) is 1. The van der Waals surface area contributed by atoms with E-state index >= 15 is 0 Å². The van der Waals surface area contributed by atoms with Gasteiger partial charge in [0.05, 0.1) is 5.56 Å². The van der Waals surface area contributed by atoms with Crippen molar-refractivity contribution >= 4 is 33.7 Å². The third kappa shape index (κ3) is 2.58. The van der Waals surface area contributed by atoms with Crippen LogP contribution in [0.4, 0.5) is 10.8 Å². The molecule has 0 aromatic carbocycles. The van der Waals surface area contributed by atoms with Gasteiger partial charge in [-0.2, -0.15) is 4.37 Å². The molecule has 2 rings (SSSR count). The highest BCUT2D eigenvalue weighted by atomic mass is 32.1. The summed E-state index contributed by atoms with van der Waals surface area (Å²) in [7, 11) is 0. The number of thiazole rings is 1. The Kier molecular flexibility index (Phi) is 3.63. The van der Waals surface area contributed by atoms with Crippen LogP contribution >= 0.6 is 22.9 Å². The van der Waals surface area contributed by atoms with Crippen LogP contribution in [0.3, 0.4) is 0 Å². The summed E-state index contributed by atoms with van der Waals surface area (Å²) in [6.07, 6.45) is 1.06. The van der Waals surface area contributed by atoms with Crippen LogP contribution in [-0.4, -0.2) is 15.4 Å². The van der Waals surface area contributed by atoms with Crippen molar-refractivity contribution in [2.45, 2.75) is 33.2 Å². The summed E-state index contributed by atoms with van der Waals surface area (Å²) in [6.45, 7) is 6.28. The SMILES string of the molecule is CCC(C)Nc1snc(N)c1-c1nc(C)cs1. The van der Waals surface area contributed by atoms with Gasteiger partial charge in [0.25, 0.3) is 0 Å². The van der Waals surface area contributed by atoms with E-state index in [2.05, 4.69) is 28.5 Å². The van der Waals surface area contributed by atoms with Crippen LogP contribution in [0.5, 0.6) is 0 Å². The van der Waals surface area contributed by atoms with Gasteiger partial charge in [-0.1, -0.05) is 6.92 Å². The summed E-state index contributed by atoms with van der Waals surface area (Å²) in [4.78, 5) is 4.47. The lowest BCUT2D eigenvalue weighted by molar-refractivity contribution is 0.767. The topological polar surface area (TPSA) is 63.8 Å². The summed E-state index contributed by atoms with van der Waals surface area (Å²) < 4.78 is 4.21. The van der Waals surface area contributed by atoms with E-state index in [1.165, 1.54) is 11.5 Å². The Hall–Kier alpha value is -1.14. The van der Waals surface area contributed by atoms with Gasteiger partial charge < -0.3 is 11.1 Å². The fourth-order valence-corrected chi connectivity index (χ4v) is 3.15. The summed E-state index contributed by atoms with van der Waals surface area (Å²) in [5, 5.41) is 7.42. The van der Waals surface area contributed by atoms with Crippen molar-refractivity contribution in [3.63, 3.8) is 0 Å². The first-order valence-electron chi connectivity index (χ1n) is 5.56. The zero-order valence-corrected chi connectivity index (χ0v) is 11.8. The average molecular weight is 268 g/mol. The van der Waals surface area contributed by atoms with Gasteiger partial charge in [0.15, 0.2) is 0 Å². The van der Waals surface area contributed by atoms with Crippen LogP contribution in [0.15, 0.2) is 5.38 Å². The summed E-state index contributed by atoms with van der Waals surface area (Å²) >= 11 is 3.01. The smallest absolute Gasteiger partial charge is 0.149 e. The molecule has 0 bridgehead atoms. The molecule has 0 aliphatic heterocycles. The molecule has 0 radical (unpaired) electrons. The summed E-state index contributed by atoms with van der Waals surface area (Å²) in [6, 6.07) is 0.412. The molecule has 0 aliphatic rings. The van der Waals surface area contributed by atoms with Crippen molar-refractivity contribution in [2.75, 3.05) is 11.1 Å². The van der Waals surface area contributed by atoms with Crippen LogP contribution in [0.1, 0.15) is 26.0 Å². The summed E-state index contributed by atoms with van der Waals surface area (Å²) in [5.41, 5.74) is 7.90. The first-order valence-corrected chi connectivity index (χ1v) is 7.21. The largest absolute Gasteiger partial charge is 0.382 e. The molecule has 0 saturated heterocycles. The standard InChI is InChI=1S/C11H16N4S2/c1-4-6(2)13-11-8(9(12)15-17-11)10-14-7(3)5-16-10/h5-6,13H,4H2,1-3H3,(H2,12,15). The van der Waals surface area contributed by atoms with E-state index in [1.807, 2.05) is 12.3 Å². The fourth-order valence-electron chi connectivity index (χ4n) is 1.40. The fraction of sp³-hybridized carbons (Fsp3) is 0.455. The van der Waals surface area contributed by atoms with E-state index in [4.69, 9.17) is 5.73 Å². The van der Waals surface area contributed by atoms with Crippen molar-refractivity contribution in [3.8, 4) is 10.6 Å². The first-order chi connectivity index (χ1) is 8.11. The molecule has 92 valence electrons. The predicted octanol–water partition coefficient (Wildman–Crippen LogP) is 3.37. The molecule has 4 nitrogen and oxygen atoms in total. The molecule has 1 unspecified atom stereocenters. The number of anilines is 2. The van der Waals surface area contributed by atoms with Gasteiger partial charge in [-0.3, -0.25) is 0 Å². The van der Waals surface area contributed by atoms with E-state index in [0.29, 0.717) is 11.9 Å². The molecule has 1 atom stereocenters. The number of nitrogens with zero attached hydrogens (tertiary/aromatic N) is 2. The average Bonchev–Trinajstić information content (AvgIpc) is 2.85. The van der Waals surface area contributed by atoms with Gasteiger partial charge in [-0.15, -0.1) is 11.3 Å². The van der Waals surface area contributed by atoms with Crippen LogP contribution in [-0.2, 0) is 0 Å². The highest BCUT2D eigenvalue weighted by Gasteiger charge is 2.17. The number of rotatable bonds is 4. The molecule has 0 fully saturated rings. The molecular weight excluding hydrogens is 252 g/mol. The maximum absolute atomic E-state index is 5.93. The van der Waals surface area contributed by atoms with Crippen molar-refractivity contribution in [1.29, 1.82) is 0 Å². The minimum absolute atomic E-state index is 0.412. The second-order valence-corrected chi connectivity index (χ2v) is 5.65. The highest BCUT2D eigenvalue weighted by molar-refractivity contribution is 7.15. The number of aryl methyl sites for hydroxylation is 1. The minimum Gasteiger partial charge on any atom is -0.382 e. The second-order valence-electron chi connectivity index (χ2n) is 4.02. The molecular formula is C11H16N4S2. The van der Waals surface area contributed by atoms with E-state index in [-0.39, 0.29) is 0 Å². The van der Waals surface area contributed by atoms with Gasteiger partial charge >= 0.3 is 0 Å². The van der Waals surface area contributed by atoms with Crippen LogP contribution < -0.4 is 11.1 Å². The minimum atomic E-state index is 0.412. The lowest BCUT2D eigenvalue weighted by Gasteiger charge is -2.11. The Labute approximate surface area is 109 Å². The normalized spacial score (nSPS) is 12.6. The zero-order valence-electron chi connectivity index (χ0n) is 10.2. The number of hydrogen-bond acceptors (Lipinski definition) is 6. The number of nitrogens with one attached hydrogen (secondary N) is 1. The molecule has 2 heterocycles. The van der Waals surface area contributed by atoms with Crippen molar-refractivity contribution in [3.05, 3.63) is 11.1 Å². The quantitative estimate of drug-likeness (QED) is 0.892. The molecule has 2 aromatic rings. The van der Waals surface area contributed by atoms with E-state index in [0.717, 1.165) is 27.7 Å². The highest BCUT2D eigenvalue weighted by Crippen LogP contribution is 2.38. The Balaban J connectivity index is 2.36. The maximum Gasteiger partial charge on any atom is 0.149 e. The first kappa shape index (κ1) is 12.3. The molecule has 0 saturated carbocycles. The van der Waals surface area contributed by atoms with Crippen molar-refractivity contribution in [2.24, 2.45) is 0 Å². The van der Waals surface area contributed by atoms with Gasteiger partial charge in [0.2, 0.25) is 0 Å². The Morgan fingerprint density at radius 2 is 2.29 bits per heavy atom. The molecule has 3 N–H and O–H groups in total.